The molecule has 0 aliphatic carbocycles. The van der Waals surface area contributed by atoms with Crippen LogP contribution >= 0.6 is 11.6 Å². The number of ether oxygens (including phenoxy) is 1. The van der Waals surface area contributed by atoms with E-state index in [0.29, 0.717) is 6.04 Å². The van der Waals surface area contributed by atoms with Crippen molar-refractivity contribution >= 4 is 17.3 Å². The lowest BCUT2D eigenvalue weighted by Crippen LogP contribution is -2.11. The Labute approximate surface area is 90.2 Å². The molecule has 0 aliphatic rings. The fraction of sp³-hybridized carbons (Fsp3) is 0.455. The van der Waals surface area contributed by atoms with Crippen LogP contribution in [0.3, 0.4) is 0 Å². The molecule has 2 nitrogen and oxygen atoms in total. The number of methoxy groups -OCH3 is 1. The second kappa shape index (κ2) is 4.56. The van der Waals surface area contributed by atoms with Crippen molar-refractivity contribution < 1.29 is 4.74 Å². The lowest BCUT2D eigenvalue weighted by atomic mass is 10.2. The molecule has 0 saturated carbocycles. The Morgan fingerprint density at radius 3 is 2.50 bits per heavy atom. The molecule has 0 heterocycles. The summed E-state index contributed by atoms with van der Waals surface area (Å²) in [6, 6.07) is 4.14. The van der Waals surface area contributed by atoms with Gasteiger partial charge in [-0.25, -0.2) is 0 Å². The smallest absolute Gasteiger partial charge is 0.144 e. The van der Waals surface area contributed by atoms with Gasteiger partial charge >= 0.3 is 0 Å². The summed E-state index contributed by atoms with van der Waals surface area (Å²) in [6.45, 7) is 6.14. The number of nitrogens with one attached hydrogen (secondary N) is 1. The largest absolute Gasteiger partial charge is 0.494 e. The standard InChI is InChI=1S/C11H16ClNO/c1-7(2)13-10-6-9(12)5-8(3)11(10)14-4/h5-7,13H,1-4H3. The minimum Gasteiger partial charge on any atom is -0.494 e. The molecule has 1 rings (SSSR count). The van der Waals surface area contributed by atoms with Gasteiger partial charge < -0.3 is 10.1 Å². The minimum absolute atomic E-state index is 0.363. The van der Waals surface area contributed by atoms with Crippen LogP contribution in [0, 0.1) is 6.92 Å². The number of hydrogen-bond donors (Lipinski definition) is 1. The molecule has 0 bridgehead atoms. The second-order valence-electron chi connectivity index (χ2n) is 3.60. The molecule has 0 amide bonds. The van der Waals surface area contributed by atoms with Crippen molar-refractivity contribution in [3.63, 3.8) is 0 Å². The van der Waals surface area contributed by atoms with Gasteiger partial charge in [0.25, 0.3) is 0 Å². The maximum absolute atomic E-state index is 5.97. The molecule has 1 aromatic carbocycles. The van der Waals surface area contributed by atoms with Crippen molar-refractivity contribution in [3.05, 3.63) is 22.7 Å². The number of hydrogen-bond acceptors (Lipinski definition) is 2. The van der Waals surface area contributed by atoms with Gasteiger partial charge in [-0.05, 0) is 38.5 Å². The molecule has 0 atom stereocenters. The Morgan fingerprint density at radius 1 is 1.36 bits per heavy atom. The predicted octanol–water partition coefficient (Wildman–Crippen LogP) is 3.48. The van der Waals surface area contributed by atoms with Gasteiger partial charge in [-0.3, -0.25) is 0 Å². The van der Waals surface area contributed by atoms with E-state index < -0.39 is 0 Å². The Balaban J connectivity index is 3.11. The average Bonchev–Trinajstić information content (AvgIpc) is 2.01. The van der Waals surface area contributed by atoms with Crippen LogP contribution in [0.1, 0.15) is 19.4 Å². The lowest BCUT2D eigenvalue weighted by Gasteiger charge is -2.16. The number of anilines is 1. The Bertz CT molecular complexity index is 323. The average molecular weight is 214 g/mol. The molecule has 0 radical (unpaired) electrons. The minimum atomic E-state index is 0.363. The van der Waals surface area contributed by atoms with Crippen LogP contribution in [0.25, 0.3) is 0 Å². The summed E-state index contributed by atoms with van der Waals surface area (Å²) in [6.07, 6.45) is 0. The second-order valence-corrected chi connectivity index (χ2v) is 4.04. The van der Waals surface area contributed by atoms with E-state index in [0.717, 1.165) is 22.0 Å². The number of aryl methyl sites for hydroxylation is 1. The predicted molar refractivity (Wildman–Crippen MR) is 61.5 cm³/mol. The first-order valence-electron chi connectivity index (χ1n) is 4.65. The summed E-state index contributed by atoms with van der Waals surface area (Å²) < 4.78 is 5.31. The van der Waals surface area contributed by atoms with Crippen molar-refractivity contribution in [1.82, 2.24) is 0 Å². The van der Waals surface area contributed by atoms with Crippen LogP contribution in [0.4, 0.5) is 5.69 Å². The first-order chi connectivity index (χ1) is 6.54. The Morgan fingerprint density at radius 2 is 2.00 bits per heavy atom. The van der Waals surface area contributed by atoms with Crippen molar-refractivity contribution in [1.29, 1.82) is 0 Å². The van der Waals surface area contributed by atoms with Crippen LogP contribution in [0.5, 0.6) is 5.75 Å². The quantitative estimate of drug-likeness (QED) is 0.830. The van der Waals surface area contributed by atoms with E-state index in [2.05, 4.69) is 19.2 Å². The number of halogens is 1. The Hall–Kier alpha value is -0.890. The third kappa shape index (κ3) is 2.55. The van der Waals surface area contributed by atoms with Gasteiger partial charge in [-0.15, -0.1) is 0 Å². The topological polar surface area (TPSA) is 21.3 Å². The van der Waals surface area contributed by atoms with Gasteiger partial charge in [0.05, 0.1) is 12.8 Å². The molecule has 3 heteroatoms. The van der Waals surface area contributed by atoms with Crippen molar-refractivity contribution in [2.45, 2.75) is 26.8 Å². The number of rotatable bonds is 3. The Kier molecular flexibility index (Phi) is 3.64. The molecular formula is C11H16ClNO. The first-order valence-corrected chi connectivity index (χ1v) is 5.03. The zero-order valence-corrected chi connectivity index (χ0v) is 9.77. The van der Waals surface area contributed by atoms with Gasteiger partial charge in [-0.1, -0.05) is 11.6 Å². The molecule has 14 heavy (non-hydrogen) atoms. The molecule has 0 spiro atoms. The van der Waals surface area contributed by atoms with Crippen LogP contribution in [-0.4, -0.2) is 13.2 Å². The molecule has 0 unspecified atom stereocenters. The molecule has 0 aromatic heterocycles. The first kappa shape index (κ1) is 11.2. The zero-order chi connectivity index (χ0) is 10.7. The molecule has 1 N–H and O–H groups in total. The lowest BCUT2D eigenvalue weighted by molar-refractivity contribution is 0.413. The van der Waals surface area contributed by atoms with E-state index in [1.807, 2.05) is 19.1 Å². The molecule has 0 saturated heterocycles. The maximum atomic E-state index is 5.97. The van der Waals surface area contributed by atoms with E-state index in [4.69, 9.17) is 16.3 Å². The van der Waals surface area contributed by atoms with Gasteiger partial charge in [0.2, 0.25) is 0 Å². The van der Waals surface area contributed by atoms with E-state index in [-0.39, 0.29) is 0 Å². The fourth-order valence-corrected chi connectivity index (χ4v) is 1.69. The monoisotopic (exact) mass is 213 g/mol. The molecular weight excluding hydrogens is 198 g/mol. The molecule has 1 aromatic rings. The fourth-order valence-electron chi connectivity index (χ4n) is 1.42. The van der Waals surface area contributed by atoms with Crippen LogP contribution < -0.4 is 10.1 Å². The third-order valence-corrected chi connectivity index (χ3v) is 2.11. The summed E-state index contributed by atoms with van der Waals surface area (Å²) in [5.74, 6) is 0.864. The highest BCUT2D eigenvalue weighted by molar-refractivity contribution is 6.31. The third-order valence-electron chi connectivity index (χ3n) is 1.89. The molecule has 0 fully saturated rings. The summed E-state index contributed by atoms with van der Waals surface area (Å²) in [4.78, 5) is 0. The van der Waals surface area contributed by atoms with Gasteiger partial charge in [0, 0.05) is 11.1 Å². The van der Waals surface area contributed by atoms with Crippen molar-refractivity contribution in [2.24, 2.45) is 0 Å². The van der Waals surface area contributed by atoms with Gasteiger partial charge in [0.1, 0.15) is 5.75 Å². The highest BCUT2D eigenvalue weighted by Crippen LogP contribution is 2.32. The highest BCUT2D eigenvalue weighted by Gasteiger charge is 2.08. The maximum Gasteiger partial charge on any atom is 0.144 e. The summed E-state index contributed by atoms with van der Waals surface area (Å²) in [5, 5.41) is 4.02. The van der Waals surface area contributed by atoms with Crippen molar-refractivity contribution in [2.75, 3.05) is 12.4 Å². The normalized spacial score (nSPS) is 10.4. The molecule has 0 aliphatic heterocycles. The van der Waals surface area contributed by atoms with Crippen LogP contribution in [0.15, 0.2) is 12.1 Å². The number of benzene rings is 1. The van der Waals surface area contributed by atoms with E-state index in [1.165, 1.54) is 0 Å². The van der Waals surface area contributed by atoms with Crippen LogP contribution in [-0.2, 0) is 0 Å². The highest BCUT2D eigenvalue weighted by atomic mass is 35.5. The van der Waals surface area contributed by atoms with Crippen molar-refractivity contribution in [3.8, 4) is 5.75 Å². The van der Waals surface area contributed by atoms with Crippen LogP contribution in [0.2, 0.25) is 5.02 Å². The van der Waals surface area contributed by atoms with Gasteiger partial charge in [0.15, 0.2) is 0 Å². The summed E-state index contributed by atoms with van der Waals surface area (Å²) in [5.41, 5.74) is 2.00. The zero-order valence-electron chi connectivity index (χ0n) is 9.02. The van der Waals surface area contributed by atoms with E-state index >= 15 is 0 Å². The SMILES string of the molecule is COc1c(C)cc(Cl)cc1NC(C)C. The van der Waals surface area contributed by atoms with Gasteiger partial charge in [-0.2, -0.15) is 0 Å². The molecule has 78 valence electrons. The summed E-state index contributed by atoms with van der Waals surface area (Å²) >= 11 is 5.97. The van der Waals surface area contributed by atoms with E-state index in [9.17, 15) is 0 Å². The summed E-state index contributed by atoms with van der Waals surface area (Å²) in [7, 11) is 1.67. The van der Waals surface area contributed by atoms with E-state index in [1.54, 1.807) is 7.11 Å².